The molecule has 40 heavy (non-hydrogen) atoms. The zero-order valence-electron chi connectivity index (χ0n) is 23.5. The summed E-state index contributed by atoms with van der Waals surface area (Å²) < 4.78 is 4.97. The molecule has 2 nitrogen and oxygen atoms in total. The highest BCUT2D eigenvalue weighted by molar-refractivity contribution is 7.46. The van der Waals surface area contributed by atoms with Gasteiger partial charge in [-0.15, -0.1) is 0 Å². The molecule has 7 rings (SSSR count). The lowest BCUT2D eigenvalue weighted by molar-refractivity contribution is 0.480. The van der Waals surface area contributed by atoms with Crippen molar-refractivity contribution in [3.63, 3.8) is 0 Å². The predicted octanol–water partition coefficient (Wildman–Crippen LogP) is 9.48. The summed E-state index contributed by atoms with van der Waals surface area (Å²) >= 11 is 0. The van der Waals surface area contributed by atoms with E-state index in [0.717, 1.165) is 8.58 Å². The molecule has 2 unspecified atom stereocenters. The maximum absolute atomic E-state index is 2.58. The van der Waals surface area contributed by atoms with Gasteiger partial charge in [-0.05, 0) is 85.7 Å². The van der Waals surface area contributed by atoms with Crippen molar-refractivity contribution in [2.24, 2.45) is 0 Å². The Labute approximate surface area is 238 Å². The zero-order valence-corrected chi connectivity index (χ0v) is 24.5. The molecule has 0 spiro atoms. The van der Waals surface area contributed by atoms with Crippen molar-refractivity contribution < 1.29 is 0 Å². The summed E-state index contributed by atoms with van der Waals surface area (Å²) in [6, 6.07) is 37.7. The van der Waals surface area contributed by atoms with Crippen molar-refractivity contribution in [3.8, 4) is 22.6 Å². The fraction of sp³-hybridized carbons (Fsp3) is 0.189. The third-order valence-electron chi connectivity index (χ3n) is 8.75. The van der Waals surface area contributed by atoms with Gasteiger partial charge in [0, 0.05) is 33.3 Å². The van der Waals surface area contributed by atoms with Crippen molar-refractivity contribution in [2.45, 2.75) is 38.5 Å². The SMILES string of the molecule is CPc1c(C)c(-c2ccc(-n3c4ccccc4c4ccccc43)cc2)n(-c2ccccc2)c1C1(C)C=CCCC1. The van der Waals surface area contributed by atoms with Crippen LogP contribution in [0.4, 0.5) is 0 Å². The van der Waals surface area contributed by atoms with Crippen LogP contribution < -0.4 is 5.30 Å². The summed E-state index contributed by atoms with van der Waals surface area (Å²) in [5, 5.41) is 4.10. The molecule has 0 fully saturated rings. The second-order valence-corrected chi connectivity index (χ2v) is 12.2. The monoisotopic (exact) mass is 538 g/mol. The summed E-state index contributed by atoms with van der Waals surface area (Å²) in [5.74, 6) is 0. The molecule has 4 aromatic carbocycles. The average molecular weight is 539 g/mol. The van der Waals surface area contributed by atoms with Crippen LogP contribution in [0.5, 0.6) is 0 Å². The van der Waals surface area contributed by atoms with Crippen molar-refractivity contribution in [1.82, 2.24) is 9.13 Å². The fourth-order valence-corrected chi connectivity index (χ4v) is 8.02. The van der Waals surface area contributed by atoms with Gasteiger partial charge >= 0.3 is 0 Å². The van der Waals surface area contributed by atoms with Crippen molar-refractivity contribution >= 4 is 35.7 Å². The molecule has 1 aliphatic carbocycles. The van der Waals surface area contributed by atoms with E-state index in [0.29, 0.717) is 0 Å². The Morgan fingerprint density at radius 1 is 0.700 bits per heavy atom. The number of aromatic nitrogens is 2. The number of rotatable bonds is 5. The first-order valence-corrected chi connectivity index (χ1v) is 15.9. The van der Waals surface area contributed by atoms with Gasteiger partial charge in [-0.3, -0.25) is 0 Å². The molecule has 0 amide bonds. The van der Waals surface area contributed by atoms with Crippen LogP contribution in [0.2, 0.25) is 0 Å². The van der Waals surface area contributed by atoms with Crippen LogP contribution in [-0.2, 0) is 5.41 Å². The topological polar surface area (TPSA) is 9.86 Å². The van der Waals surface area contributed by atoms with Gasteiger partial charge in [0.1, 0.15) is 0 Å². The number of hydrogen-bond donors (Lipinski definition) is 0. The summed E-state index contributed by atoms with van der Waals surface area (Å²) in [5.41, 5.74) is 10.4. The van der Waals surface area contributed by atoms with Crippen LogP contribution in [0.3, 0.4) is 0 Å². The summed E-state index contributed by atoms with van der Waals surface area (Å²) in [7, 11) is 0.738. The Bertz CT molecular complexity index is 1820. The normalized spacial score (nSPS) is 17.5. The molecule has 6 aromatic rings. The van der Waals surface area contributed by atoms with Gasteiger partial charge in [0.25, 0.3) is 0 Å². The van der Waals surface area contributed by atoms with Crippen LogP contribution in [0.15, 0.2) is 115 Å². The average Bonchev–Trinajstić information content (AvgIpc) is 3.50. The smallest absolute Gasteiger partial charge is 0.0567 e. The van der Waals surface area contributed by atoms with Gasteiger partial charge in [0.15, 0.2) is 0 Å². The van der Waals surface area contributed by atoms with Gasteiger partial charge < -0.3 is 9.13 Å². The lowest BCUT2D eigenvalue weighted by atomic mass is 9.78. The van der Waals surface area contributed by atoms with Gasteiger partial charge in [-0.25, -0.2) is 0 Å². The van der Waals surface area contributed by atoms with E-state index in [1.807, 2.05) is 0 Å². The quantitative estimate of drug-likeness (QED) is 0.153. The van der Waals surface area contributed by atoms with Crippen LogP contribution in [0.1, 0.15) is 37.4 Å². The molecule has 0 saturated carbocycles. The van der Waals surface area contributed by atoms with E-state index in [9.17, 15) is 0 Å². The zero-order chi connectivity index (χ0) is 27.3. The molecule has 2 atom stereocenters. The second-order valence-electron chi connectivity index (χ2n) is 11.2. The minimum absolute atomic E-state index is 0.0261. The number of fused-ring (bicyclic) bond motifs is 3. The maximum Gasteiger partial charge on any atom is 0.0567 e. The third kappa shape index (κ3) is 3.89. The van der Waals surface area contributed by atoms with E-state index < -0.39 is 0 Å². The van der Waals surface area contributed by atoms with E-state index in [1.165, 1.54) is 80.3 Å². The van der Waals surface area contributed by atoms with E-state index in [1.54, 1.807) is 0 Å². The highest BCUT2D eigenvalue weighted by atomic mass is 31.1. The Kier molecular flexibility index (Phi) is 6.25. The Morgan fingerprint density at radius 3 is 1.90 bits per heavy atom. The first-order chi connectivity index (χ1) is 19.6. The van der Waals surface area contributed by atoms with Crippen LogP contribution in [0, 0.1) is 6.92 Å². The number of hydrogen-bond acceptors (Lipinski definition) is 0. The Morgan fingerprint density at radius 2 is 1.30 bits per heavy atom. The maximum atomic E-state index is 2.58. The number of para-hydroxylation sites is 3. The van der Waals surface area contributed by atoms with Crippen LogP contribution in [-0.4, -0.2) is 15.8 Å². The highest BCUT2D eigenvalue weighted by Crippen LogP contribution is 2.42. The first-order valence-electron chi connectivity index (χ1n) is 14.4. The van der Waals surface area contributed by atoms with E-state index in [2.05, 4.69) is 145 Å². The minimum Gasteiger partial charge on any atom is -0.312 e. The number of nitrogens with zero attached hydrogens (tertiary/aromatic N) is 2. The Balaban J connectivity index is 1.45. The molecule has 3 heteroatoms. The molecule has 0 saturated heterocycles. The van der Waals surface area contributed by atoms with Crippen LogP contribution in [0.25, 0.3) is 44.4 Å². The molecule has 0 N–H and O–H groups in total. The largest absolute Gasteiger partial charge is 0.312 e. The van der Waals surface area contributed by atoms with Crippen LogP contribution >= 0.6 is 8.58 Å². The van der Waals surface area contributed by atoms with Gasteiger partial charge in [0.05, 0.1) is 16.7 Å². The third-order valence-corrected chi connectivity index (χ3v) is 9.86. The van der Waals surface area contributed by atoms with Gasteiger partial charge in [0.2, 0.25) is 0 Å². The lowest BCUT2D eigenvalue weighted by Crippen LogP contribution is -2.29. The molecular formula is C37H35N2P. The van der Waals surface area contributed by atoms with Crippen molar-refractivity contribution in [2.75, 3.05) is 6.66 Å². The van der Waals surface area contributed by atoms with E-state index >= 15 is 0 Å². The lowest BCUT2D eigenvalue weighted by Gasteiger charge is -2.32. The number of benzene rings is 4. The molecule has 2 heterocycles. The summed E-state index contributed by atoms with van der Waals surface area (Å²) in [6.07, 6.45) is 8.47. The predicted molar refractivity (Wildman–Crippen MR) is 174 cm³/mol. The molecule has 198 valence electrons. The van der Waals surface area contributed by atoms with Gasteiger partial charge in [-0.2, -0.15) is 0 Å². The highest BCUT2D eigenvalue weighted by Gasteiger charge is 2.34. The summed E-state index contributed by atoms with van der Waals surface area (Å²) in [4.78, 5) is 0. The standard InChI is InChI=1S/C37H35N2P/c1-26-34(39(28-14-6-4-7-15-28)36(35(26)40-3)37(2)24-12-5-13-25-37)27-20-22-29(23-21-27)38-32-18-10-8-16-30(32)31-17-9-11-19-33(31)38/h4,6-12,14-24,40H,5,13,25H2,1-3H3. The van der Waals surface area contributed by atoms with Gasteiger partial charge in [-0.1, -0.05) is 94.4 Å². The van der Waals surface area contributed by atoms with Crippen molar-refractivity contribution in [3.05, 3.63) is 127 Å². The van der Waals surface area contributed by atoms with Crippen molar-refractivity contribution in [1.29, 1.82) is 0 Å². The second kappa shape index (κ2) is 9.95. The molecule has 2 aromatic heterocycles. The number of allylic oxidation sites excluding steroid dienone is 2. The molecule has 0 bridgehead atoms. The summed E-state index contributed by atoms with van der Waals surface area (Å²) in [6.45, 7) is 7.11. The fourth-order valence-electron chi connectivity index (χ4n) is 6.90. The first kappa shape index (κ1) is 25.1. The molecule has 0 aliphatic heterocycles. The van der Waals surface area contributed by atoms with E-state index in [-0.39, 0.29) is 5.41 Å². The Hall–Kier alpha value is -3.87. The van der Waals surface area contributed by atoms with E-state index in [4.69, 9.17) is 0 Å². The molecule has 0 radical (unpaired) electrons. The molecular weight excluding hydrogens is 503 g/mol. The molecule has 1 aliphatic rings. The minimum atomic E-state index is 0.0261.